The zero-order chi connectivity index (χ0) is 21.3. The van der Waals surface area contributed by atoms with Gasteiger partial charge in [0.05, 0.1) is 30.1 Å². The Kier molecular flexibility index (Phi) is 6.31. The highest BCUT2D eigenvalue weighted by molar-refractivity contribution is 7.89. The predicted molar refractivity (Wildman–Crippen MR) is 111 cm³/mol. The molecule has 0 spiro atoms. The molecule has 0 unspecified atom stereocenters. The summed E-state index contributed by atoms with van der Waals surface area (Å²) in [6, 6.07) is 6.13. The van der Waals surface area contributed by atoms with E-state index in [9.17, 15) is 18.3 Å². The number of fused-ring (bicyclic) bond motifs is 2. The van der Waals surface area contributed by atoms with Crippen molar-refractivity contribution in [3.8, 4) is 0 Å². The van der Waals surface area contributed by atoms with Crippen LogP contribution in [0.15, 0.2) is 53.5 Å². The summed E-state index contributed by atoms with van der Waals surface area (Å²) in [7, 11) is -2.45. The molecule has 1 aromatic carbocycles. The highest BCUT2D eigenvalue weighted by Gasteiger charge is 2.54. The van der Waals surface area contributed by atoms with Crippen molar-refractivity contribution in [2.24, 2.45) is 17.8 Å². The van der Waals surface area contributed by atoms with Crippen molar-refractivity contribution < 1.29 is 23.1 Å². The Labute approximate surface area is 172 Å². The molecule has 1 aliphatic carbocycles. The number of methoxy groups -OCH3 is 1. The lowest BCUT2D eigenvalue weighted by molar-refractivity contribution is -0.157. The lowest BCUT2D eigenvalue weighted by atomic mass is 9.63. The molecular formula is C22H29NO5S. The number of piperidine rings is 1. The molecule has 1 saturated carbocycles. The van der Waals surface area contributed by atoms with Crippen molar-refractivity contribution >= 4 is 16.0 Å². The van der Waals surface area contributed by atoms with E-state index in [2.05, 4.69) is 6.58 Å². The second-order valence-corrected chi connectivity index (χ2v) is 9.75. The monoisotopic (exact) mass is 419 g/mol. The van der Waals surface area contributed by atoms with Crippen LogP contribution in [0.2, 0.25) is 0 Å². The first-order valence-electron chi connectivity index (χ1n) is 9.86. The third kappa shape index (κ3) is 3.79. The van der Waals surface area contributed by atoms with Gasteiger partial charge in [-0.2, -0.15) is 4.31 Å². The number of allylic oxidation sites excluding steroid dienone is 2. The number of ether oxygens (including phenoxy) is 1. The topological polar surface area (TPSA) is 83.9 Å². The minimum Gasteiger partial charge on any atom is -0.469 e. The van der Waals surface area contributed by atoms with Gasteiger partial charge in [0.15, 0.2) is 0 Å². The van der Waals surface area contributed by atoms with E-state index in [0.717, 1.165) is 11.1 Å². The van der Waals surface area contributed by atoms with Gasteiger partial charge in [0.2, 0.25) is 10.0 Å². The van der Waals surface area contributed by atoms with Crippen LogP contribution in [0.5, 0.6) is 0 Å². The Morgan fingerprint density at radius 3 is 2.55 bits per heavy atom. The van der Waals surface area contributed by atoms with Gasteiger partial charge in [0.25, 0.3) is 0 Å². The number of esters is 1. The minimum absolute atomic E-state index is 0.157. The molecule has 3 rings (SSSR count). The van der Waals surface area contributed by atoms with Gasteiger partial charge in [-0.05, 0) is 44.7 Å². The van der Waals surface area contributed by atoms with Crippen LogP contribution in [-0.4, -0.2) is 49.6 Å². The van der Waals surface area contributed by atoms with E-state index < -0.39 is 34.0 Å². The highest BCUT2D eigenvalue weighted by atomic mass is 32.2. The van der Waals surface area contributed by atoms with Gasteiger partial charge < -0.3 is 9.84 Å². The summed E-state index contributed by atoms with van der Waals surface area (Å²) in [6.45, 7) is 7.67. The minimum atomic E-state index is -3.80. The Balaban J connectivity index is 2.05. The fourth-order valence-electron chi connectivity index (χ4n) is 4.79. The molecule has 1 N–H and O–H groups in total. The number of rotatable bonds is 5. The molecule has 0 aromatic heterocycles. The zero-order valence-electron chi connectivity index (χ0n) is 17.1. The van der Waals surface area contributed by atoms with E-state index in [0.29, 0.717) is 12.8 Å². The number of aliphatic hydroxyl groups is 1. The van der Waals surface area contributed by atoms with Crippen molar-refractivity contribution in [2.45, 2.75) is 43.7 Å². The normalized spacial score (nSPS) is 31.4. The van der Waals surface area contributed by atoms with Crippen LogP contribution in [0.1, 0.15) is 25.3 Å². The lowest BCUT2D eigenvalue weighted by Gasteiger charge is -2.51. The first-order valence-corrected chi connectivity index (χ1v) is 11.3. The van der Waals surface area contributed by atoms with Gasteiger partial charge in [-0.15, -0.1) is 6.58 Å². The molecule has 1 aromatic rings. The second-order valence-electron chi connectivity index (χ2n) is 7.86. The SMILES string of the molecule is C=CC[C@@H]1[C@@H](O)[C@@H]2C[C@@H](/C(=C\C)CN2S(=O)(=O)c2ccc(C)cc2)[C@H]1C(=O)OC. The van der Waals surface area contributed by atoms with Crippen LogP contribution in [0.4, 0.5) is 0 Å². The number of hydrogen-bond acceptors (Lipinski definition) is 5. The Morgan fingerprint density at radius 2 is 2.00 bits per heavy atom. The molecule has 1 aliphatic heterocycles. The molecule has 2 bridgehead atoms. The molecule has 6 nitrogen and oxygen atoms in total. The molecule has 29 heavy (non-hydrogen) atoms. The summed E-state index contributed by atoms with van der Waals surface area (Å²) in [5, 5.41) is 11.1. The van der Waals surface area contributed by atoms with Gasteiger partial charge in [-0.3, -0.25) is 4.79 Å². The molecule has 1 heterocycles. The summed E-state index contributed by atoms with van der Waals surface area (Å²) >= 11 is 0. The van der Waals surface area contributed by atoms with Crippen molar-refractivity contribution in [1.82, 2.24) is 4.31 Å². The summed E-state index contributed by atoms with van der Waals surface area (Å²) < 4.78 is 33.3. The third-order valence-electron chi connectivity index (χ3n) is 6.32. The standard InChI is InChI=1S/C22H29NO5S/c1-5-7-17-20(22(25)28-4)18-12-19(21(17)24)23(13-15(18)6-2)29(26,27)16-10-8-14(3)9-11-16/h5-6,8-11,17-21,24H,1,7,12-13H2,2-4H3/b15-6-/t17-,18-,19-,20-,21+/m0/s1. The molecule has 7 heteroatoms. The fraction of sp³-hybridized carbons (Fsp3) is 0.500. The third-order valence-corrected chi connectivity index (χ3v) is 8.20. The largest absolute Gasteiger partial charge is 0.469 e. The van der Waals surface area contributed by atoms with Crippen LogP contribution < -0.4 is 0 Å². The van der Waals surface area contributed by atoms with Gasteiger partial charge in [0, 0.05) is 12.5 Å². The fourth-order valence-corrected chi connectivity index (χ4v) is 6.43. The number of benzene rings is 1. The maximum atomic E-state index is 13.4. The summed E-state index contributed by atoms with van der Waals surface area (Å²) in [5.74, 6) is -1.49. The first kappa shape index (κ1) is 21.7. The Morgan fingerprint density at radius 1 is 1.34 bits per heavy atom. The van der Waals surface area contributed by atoms with Crippen LogP contribution in [-0.2, 0) is 19.6 Å². The molecule has 1 saturated heterocycles. The maximum absolute atomic E-state index is 13.4. The summed E-state index contributed by atoms with van der Waals surface area (Å²) in [6.07, 6.45) is 3.37. The smallest absolute Gasteiger partial charge is 0.309 e. The van der Waals surface area contributed by atoms with Gasteiger partial charge in [-0.1, -0.05) is 35.4 Å². The van der Waals surface area contributed by atoms with E-state index in [1.165, 1.54) is 11.4 Å². The van der Waals surface area contributed by atoms with Crippen LogP contribution in [0, 0.1) is 24.7 Å². The summed E-state index contributed by atoms with van der Waals surface area (Å²) in [5.41, 5.74) is 1.86. The zero-order valence-corrected chi connectivity index (χ0v) is 17.9. The van der Waals surface area contributed by atoms with Crippen LogP contribution in [0.3, 0.4) is 0 Å². The van der Waals surface area contributed by atoms with E-state index in [1.807, 2.05) is 19.9 Å². The van der Waals surface area contributed by atoms with E-state index in [1.54, 1.807) is 30.3 Å². The van der Waals surface area contributed by atoms with Gasteiger partial charge >= 0.3 is 5.97 Å². The summed E-state index contributed by atoms with van der Waals surface area (Å²) in [4.78, 5) is 12.8. The van der Waals surface area contributed by atoms with Crippen molar-refractivity contribution in [3.05, 3.63) is 54.1 Å². The van der Waals surface area contributed by atoms with Crippen molar-refractivity contribution in [3.63, 3.8) is 0 Å². The quantitative estimate of drug-likeness (QED) is 0.586. The lowest BCUT2D eigenvalue weighted by Crippen LogP contribution is -2.61. The van der Waals surface area contributed by atoms with Crippen LogP contribution >= 0.6 is 0 Å². The molecule has 158 valence electrons. The number of carbonyl (C=O) groups excluding carboxylic acids is 1. The second kappa shape index (κ2) is 8.42. The van der Waals surface area contributed by atoms with Crippen molar-refractivity contribution in [2.75, 3.05) is 13.7 Å². The molecule has 2 fully saturated rings. The maximum Gasteiger partial charge on any atom is 0.309 e. The highest BCUT2D eigenvalue weighted by Crippen LogP contribution is 2.47. The molecule has 2 aliphatic rings. The Hall–Kier alpha value is -1.96. The molecular weight excluding hydrogens is 390 g/mol. The first-order chi connectivity index (χ1) is 13.8. The Bertz CT molecular complexity index is 906. The van der Waals surface area contributed by atoms with E-state index >= 15 is 0 Å². The average molecular weight is 420 g/mol. The number of nitrogens with zero attached hydrogens (tertiary/aromatic N) is 1. The van der Waals surface area contributed by atoms with E-state index in [-0.39, 0.29) is 23.3 Å². The number of carbonyl (C=O) groups is 1. The van der Waals surface area contributed by atoms with Gasteiger partial charge in [-0.25, -0.2) is 8.42 Å². The molecule has 5 atom stereocenters. The average Bonchev–Trinajstić information content (AvgIpc) is 2.71. The predicted octanol–water partition coefficient (Wildman–Crippen LogP) is 2.68. The number of hydrogen-bond donors (Lipinski definition) is 1. The number of aryl methyl sites for hydroxylation is 1. The number of aliphatic hydroxyl groups excluding tert-OH is 1. The van der Waals surface area contributed by atoms with E-state index in [4.69, 9.17) is 4.74 Å². The van der Waals surface area contributed by atoms with Crippen molar-refractivity contribution in [1.29, 1.82) is 0 Å². The molecule has 0 radical (unpaired) electrons. The molecule has 0 amide bonds. The van der Waals surface area contributed by atoms with Crippen LogP contribution in [0.25, 0.3) is 0 Å². The van der Waals surface area contributed by atoms with Gasteiger partial charge in [0.1, 0.15) is 0 Å². The number of sulfonamides is 1.